The summed E-state index contributed by atoms with van der Waals surface area (Å²) in [7, 11) is 0. The highest BCUT2D eigenvalue weighted by atomic mass is 16.6. The summed E-state index contributed by atoms with van der Waals surface area (Å²) in [5.41, 5.74) is 18.4. The Bertz CT molecular complexity index is 1210. The third-order valence-electron chi connectivity index (χ3n) is 5.70. The molecule has 1 atom stereocenters. The van der Waals surface area contributed by atoms with Gasteiger partial charge in [-0.1, -0.05) is 36.8 Å². The number of anilines is 1. The Kier molecular flexibility index (Phi) is 27.7. The molecule has 0 aliphatic carbocycles. The van der Waals surface area contributed by atoms with Crippen molar-refractivity contribution in [3.8, 4) is 0 Å². The Balaban J connectivity index is 0. The fraction of sp³-hybridized carbons (Fsp3) is 0.424. The van der Waals surface area contributed by atoms with Gasteiger partial charge >= 0.3 is 29.8 Å². The van der Waals surface area contributed by atoms with E-state index in [1.54, 1.807) is 24.3 Å². The van der Waals surface area contributed by atoms with Crippen LogP contribution in [0.3, 0.4) is 0 Å². The average molecular weight is 677 g/mol. The highest BCUT2D eigenvalue weighted by Crippen LogP contribution is 2.07. The summed E-state index contributed by atoms with van der Waals surface area (Å²) in [4.78, 5) is 73.2. The van der Waals surface area contributed by atoms with E-state index in [-0.39, 0.29) is 44.4 Å². The molecular formula is C33H48N4O11. The predicted molar refractivity (Wildman–Crippen MR) is 178 cm³/mol. The number of amides is 1. The molecule has 0 radical (unpaired) electrons. The number of ether oxygens (including phenoxy) is 1. The average Bonchev–Trinajstić information content (AvgIpc) is 3.02. The molecule has 266 valence electrons. The van der Waals surface area contributed by atoms with Crippen LogP contribution in [0.1, 0.15) is 80.6 Å². The lowest BCUT2D eigenvalue weighted by Gasteiger charge is -2.03. The van der Waals surface area contributed by atoms with E-state index < -0.39 is 35.9 Å². The maximum atomic E-state index is 11.0. The van der Waals surface area contributed by atoms with Crippen molar-refractivity contribution in [3.63, 3.8) is 0 Å². The van der Waals surface area contributed by atoms with E-state index in [2.05, 4.69) is 22.2 Å². The topological polar surface area (TPSA) is 280 Å². The number of hydrogen-bond donors (Lipinski definition) is 7. The molecule has 0 aliphatic heterocycles. The standard InChI is InChI=1S/C10H14O7.C9H9NO2.C8H11N.C6H14N2O2/c11-7(12)3-1-5-9(15)17-10(16)6-2-4-8(13)14;1-7(12)10-9-4-2-8(6-11)3-5-9;9-7-6-8-4-2-1-3-5-8;7-4-2-1-3-5(8)6(9)10/h1-6H2,(H,11,12)(H,13,14);2-6H,1H3,(H,10,12);1-5H,6-7,9H2;5H,1-4,7-8H2,(H,9,10)/t;;;5-/m...0/s1. The second kappa shape index (κ2) is 29.4. The number of nitrogens with one attached hydrogen (secondary N) is 1. The Morgan fingerprint density at radius 1 is 0.750 bits per heavy atom. The minimum atomic E-state index is -1.02. The molecule has 0 saturated carbocycles. The molecule has 15 nitrogen and oxygen atoms in total. The number of carbonyl (C=O) groups is 7. The molecule has 15 heteroatoms. The second-order valence-corrected chi connectivity index (χ2v) is 10.0. The molecule has 2 rings (SSSR count). The molecule has 0 spiro atoms. The van der Waals surface area contributed by atoms with E-state index in [1.807, 2.05) is 18.2 Å². The number of aliphatic carboxylic acids is 3. The fourth-order valence-corrected chi connectivity index (χ4v) is 3.29. The molecule has 0 unspecified atom stereocenters. The first-order chi connectivity index (χ1) is 22.7. The van der Waals surface area contributed by atoms with Gasteiger partial charge in [-0.05, 0) is 75.0 Å². The number of benzene rings is 2. The first-order valence-corrected chi connectivity index (χ1v) is 15.2. The number of hydrogen-bond acceptors (Lipinski definition) is 11. The van der Waals surface area contributed by atoms with Crippen LogP contribution in [0.5, 0.6) is 0 Å². The zero-order valence-electron chi connectivity index (χ0n) is 27.2. The monoisotopic (exact) mass is 676 g/mol. The Morgan fingerprint density at radius 3 is 1.67 bits per heavy atom. The lowest BCUT2D eigenvalue weighted by Crippen LogP contribution is -2.29. The molecule has 2 aromatic rings. The molecule has 1 amide bonds. The van der Waals surface area contributed by atoms with Gasteiger partial charge in [-0.3, -0.25) is 33.6 Å². The zero-order valence-corrected chi connectivity index (χ0v) is 27.2. The lowest BCUT2D eigenvalue weighted by molar-refractivity contribution is -0.159. The molecule has 0 heterocycles. The van der Waals surface area contributed by atoms with Gasteiger partial charge in [-0.2, -0.15) is 0 Å². The van der Waals surface area contributed by atoms with Gasteiger partial charge in [-0.15, -0.1) is 0 Å². The molecular weight excluding hydrogens is 628 g/mol. The number of nitrogens with two attached hydrogens (primary N) is 3. The molecule has 0 aromatic heterocycles. The third-order valence-corrected chi connectivity index (χ3v) is 5.70. The summed E-state index contributed by atoms with van der Waals surface area (Å²) in [5, 5.41) is 27.5. The number of aldehydes is 1. The lowest BCUT2D eigenvalue weighted by atomic mass is 10.1. The molecule has 0 aliphatic rings. The van der Waals surface area contributed by atoms with Crippen molar-refractivity contribution in [2.24, 2.45) is 17.2 Å². The normalized spacial score (nSPS) is 10.2. The van der Waals surface area contributed by atoms with Crippen molar-refractivity contribution < 1.29 is 53.6 Å². The van der Waals surface area contributed by atoms with Crippen LogP contribution >= 0.6 is 0 Å². The van der Waals surface area contributed by atoms with Crippen molar-refractivity contribution in [1.82, 2.24) is 0 Å². The Morgan fingerprint density at radius 2 is 1.27 bits per heavy atom. The van der Waals surface area contributed by atoms with E-state index >= 15 is 0 Å². The van der Waals surface area contributed by atoms with Crippen molar-refractivity contribution >= 4 is 47.7 Å². The van der Waals surface area contributed by atoms with Crippen LogP contribution in [0.15, 0.2) is 54.6 Å². The molecule has 48 heavy (non-hydrogen) atoms. The van der Waals surface area contributed by atoms with Crippen molar-refractivity contribution in [3.05, 3.63) is 65.7 Å². The summed E-state index contributed by atoms with van der Waals surface area (Å²) in [5.74, 6) is -4.67. The van der Waals surface area contributed by atoms with Gasteiger partial charge < -0.3 is 42.6 Å². The van der Waals surface area contributed by atoms with Crippen molar-refractivity contribution in [2.75, 3.05) is 18.4 Å². The van der Waals surface area contributed by atoms with Crippen LogP contribution in [0.2, 0.25) is 0 Å². The Labute approximate surface area is 279 Å². The van der Waals surface area contributed by atoms with Crippen molar-refractivity contribution in [2.45, 2.75) is 77.2 Å². The largest absolute Gasteiger partial charge is 0.481 e. The van der Waals surface area contributed by atoms with Crippen LogP contribution in [0, 0.1) is 0 Å². The molecule has 10 N–H and O–H groups in total. The number of esters is 2. The van der Waals surface area contributed by atoms with E-state index in [1.165, 1.54) is 12.5 Å². The zero-order chi connectivity index (χ0) is 36.7. The Hall–Kier alpha value is -4.99. The van der Waals surface area contributed by atoms with Gasteiger partial charge in [-0.25, -0.2) is 0 Å². The van der Waals surface area contributed by atoms with Gasteiger partial charge in [0.2, 0.25) is 5.91 Å². The smallest absolute Gasteiger partial charge is 0.320 e. The minimum Gasteiger partial charge on any atom is -0.481 e. The summed E-state index contributed by atoms with van der Waals surface area (Å²) in [6, 6.07) is 16.2. The number of carboxylic acid groups (broad SMARTS) is 3. The fourth-order valence-electron chi connectivity index (χ4n) is 3.29. The van der Waals surface area contributed by atoms with Crippen LogP contribution in [0.25, 0.3) is 0 Å². The van der Waals surface area contributed by atoms with Crippen LogP contribution in [-0.4, -0.2) is 76.5 Å². The number of unbranched alkanes of at least 4 members (excludes halogenated alkanes) is 1. The number of carbonyl (C=O) groups excluding carboxylic acids is 4. The maximum absolute atomic E-state index is 11.0. The molecule has 2 aromatic carbocycles. The number of rotatable bonds is 17. The molecule has 0 saturated heterocycles. The van der Waals surface area contributed by atoms with E-state index in [4.69, 9.17) is 32.5 Å². The summed E-state index contributed by atoms with van der Waals surface area (Å²) in [6.07, 6.45) is 3.52. The quantitative estimate of drug-likeness (QED) is 0.0549. The van der Waals surface area contributed by atoms with Crippen LogP contribution < -0.4 is 22.5 Å². The first kappa shape index (κ1) is 45.1. The molecule has 0 fully saturated rings. The van der Waals surface area contributed by atoms with Gasteiger partial charge in [0.25, 0.3) is 0 Å². The SMILES string of the molecule is CC(=O)Nc1ccc(C=O)cc1.NCCCC[C@H](N)C(=O)O.NCCc1ccccc1.O=C(O)CCCC(=O)OC(=O)CCCC(=O)O. The maximum Gasteiger partial charge on any atom is 0.320 e. The van der Waals surface area contributed by atoms with Crippen molar-refractivity contribution in [1.29, 1.82) is 0 Å². The minimum absolute atomic E-state index is 0.108. The predicted octanol–water partition coefficient (Wildman–Crippen LogP) is 2.74. The highest BCUT2D eigenvalue weighted by molar-refractivity contribution is 5.89. The van der Waals surface area contributed by atoms with Gasteiger partial charge in [0.15, 0.2) is 0 Å². The van der Waals surface area contributed by atoms with E-state index in [9.17, 15) is 33.6 Å². The first-order valence-electron chi connectivity index (χ1n) is 15.2. The second-order valence-electron chi connectivity index (χ2n) is 10.0. The van der Waals surface area contributed by atoms with Crippen LogP contribution in [-0.2, 0) is 39.9 Å². The van der Waals surface area contributed by atoms with Gasteiger partial charge in [0.05, 0.1) is 0 Å². The summed E-state index contributed by atoms with van der Waals surface area (Å²) >= 11 is 0. The molecule has 0 bridgehead atoms. The van der Waals surface area contributed by atoms with E-state index in [0.717, 1.165) is 32.1 Å². The van der Waals surface area contributed by atoms with E-state index in [0.29, 0.717) is 24.2 Å². The van der Waals surface area contributed by atoms with Gasteiger partial charge in [0.1, 0.15) is 12.3 Å². The number of carboxylic acids is 3. The van der Waals surface area contributed by atoms with Crippen LogP contribution in [0.4, 0.5) is 5.69 Å². The highest BCUT2D eigenvalue weighted by Gasteiger charge is 2.12. The van der Waals surface area contributed by atoms with Gasteiger partial charge in [0, 0.05) is 43.9 Å². The third kappa shape index (κ3) is 29.7. The summed E-state index contributed by atoms with van der Waals surface area (Å²) < 4.78 is 4.35. The summed E-state index contributed by atoms with van der Waals surface area (Å²) in [6.45, 7) is 2.78.